The van der Waals surface area contributed by atoms with Gasteiger partial charge in [0.25, 0.3) is 15.7 Å². The van der Waals surface area contributed by atoms with Gasteiger partial charge in [-0.05, 0) is 30.3 Å². The van der Waals surface area contributed by atoms with Crippen LogP contribution in [0.25, 0.3) is 22.8 Å². The summed E-state index contributed by atoms with van der Waals surface area (Å²) in [6.07, 6.45) is 1.60. The highest BCUT2D eigenvalue weighted by molar-refractivity contribution is 7.92. The second-order valence-electron chi connectivity index (χ2n) is 6.45. The zero-order valence-corrected chi connectivity index (χ0v) is 17.3. The van der Waals surface area contributed by atoms with Crippen LogP contribution < -0.4 is 4.72 Å². The molecule has 0 atom stereocenters. The maximum absolute atomic E-state index is 12.7. The van der Waals surface area contributed by atoms with E-state index in [1.54, 1.807) is 18.3 Å². The maximum atomic E-state index is 12.7. The van der Waals surface area contributed by atoms with Crippen molar-refractivity contribution in [1.82, 2.24) is 4.98 Å². The molecule has 0 amide bonds. The average Bonchev–Trinajstić information content (AvgIpc) is 3.26. The third kappa shape index (κ3) is 4.42. The largest absolute Gasteiger partial charge is 0.436 e. The second-order valence-corrected chi connectivity index (χ2v) is 8.54. The predicted molar refractivity (Wildman–Crippen MR) is 116 cm³/mol. The number of nitro benzene ring substituents is 1. The quantitative estimate of drug-likeness (QED) is 0.308. The molecule has 3 aromatic carbocycles. The van der Waals surface area contributed by atoms with Crippen LogP contribution in [0.5, 0.6) is 0 Å². The number of sulfonamides is 1. The normalized spacial score (nSPS) is 11.3. The van der Waals surface area contributed by atoms with E-state index in [2.05, 4.69) is 9.71 Å². The van der Waals surface area contributed by atoms with Gasteiger partial charge in [0, 0.05) is 23.3 Å². The summed E-state index contributed by atoms with van der Waals surface area (Å²) < 4.78 is 33.4. The number of rotatable bonds is 6. The summed E-state index contributed by atoms with van der Waals surface area (Å²) in [5.74, 6) is 0.955. The SMILES string of the molecule is O=[N+]([O-])c1ccc(NS(=O)(=O)c2ccc(-c3ncc(-c4ccccc4)o3)cc2)c(Cl)c1. The summed E-state index contributed by atoms with van der Waals surface area (Å²) >= 11 is 5.97. The molecule has 0 spiro atoms. The summed E-state index contributed by atoms with van der Waals surface area (Å²) in [5, 5.41) is 10.7. The van der Waals surface area contributed by atoms with Gasteiger partial charge in [0.15, 0.2) is 5.76 Å². The summed E-state index contributed by atoms with van der Waals surface area (Å²) in [6.45, 7) is 0. The molecule has 0 aliphatic heterocycles. The molecule has 0 unspecified atom stereocenters. The first-order valence-corrected chi connectivity index (χ1v) is 10.8. The van der Waals surface area contributed by atoms with E-state index in [0.717, 1.165) is 11.6 Å². The molecule has 1 heterocycles. The standard InChI is InChI=1S/C21H14ClN3O5S/c22-18-12-16(25(26)27)8-11-19(18)24-31(28,29)17-9-6-15(7-10-17)21-23-13-20(30-21)14-4-2-1-3-5-14/h1-13,24H. The van der Waals surface area contributed by atoms with Crippen LogP contribution in [-0.2, 0) is 10.0 Å². The molecule has 0 bridgehead atoms. The van der Waals surface area contributed by atoms with Crippen molar-refractivity contribution in [3.8, 4) is 22.8 Å². The van der Waals surface area contributed by atoms with Gasteiger partial charge in [0.05, 0.1) is 26.7 Å². The number of aromatic nitrogens is 1. The van der Waals surface area contributed by atoms with Crippen LogP contribution in [0.4, 0.5) is 11.4 Å². The number of anilines is 1. The number of benzene rings is 3. The minimum absolute atomic E-state index is 0.0134. The third-order valence-corrected chi connectivity index (χ3v) is 6.08. The van der Waals surface area contributed by atoms with Crippen molar-refractivity contribution in [2.24, 2.45) is 0 Å². The van der Waals surface area contributed by atoms with Gasteiger partial charge in [-0.2, -0.15) is 0 Å². The van der Waals surface area contributed by atoms with Crippen molar-refractivity contribution in [2.75, 3.05) is 4.72 Å². The Kier molecular flexibility index (Phi) is 5.45. The fraction of sp³-hybridized carbons (Fsp3) is 0. The summed E-state index contributed by atoms with van der Waals surface area (Å²) in [6, 6.07) is 18.9. The first-order valence-electron chi connectivity index (χ1n) is 8.92. The van der Waals surface area contributed by atoms with Gasteiger partial charge in [-0.1, -0.05) is 41.9 Å². The number of halogens is 1. The molecular formula is C21H14ClN3O5S. The van der Waals surface area contributed by atoms with Crippen molar-refractivity contribution in [2.45, 2.75) is 4.90 Å². The molecule has 4 rings (SSSR count). The summed E-state index contributed by atoms with van der Waals surface area (Å²) in [7, 11) is -3.96. The summed E-state index contributed by atoms with van der Waals surface area (Å²) in [5.41, 5.74) is 1.29. The van der Waals surface area contributed by atoms with E-state index in [1.807, 2.05) is 30.3 Å². The second kappa shape index (κ2) is 8.21. The molecule has 4 aromatic rings. The molecule has 10 heteroatoms. The number of nitro groups is 1. The fourth-order valence-corrected chi connectivity index (χ4v) is 4.18. The highest BCUT2D eigenvalue weighted by Crippen LogP contribution is 2.30. The van der Waals surface area contributed by atoms with Gasteiger partial charge in [-0.25, -0.2) is 13.4 Å². The number of hydrogen-bond donors (Lipinski definition) is 1. The Morgan fingerprint density at radius 3 is 2.32 bits per heavy atom. The minimum Gasteiger partial charge on any atom is -0.436 e. The fourth-order valence-electron chi connectivity index (χ4n) is 2.82. The van der Waals surface area contributed by atoms with Gasteiger partial charge in [0.1, 0.15) is 0 Å². The number of nitrogens with zero attached hydrogens (tertiary/aromatic N) is 2. The van der Waals surface area contributed by atoms with Crippen LogP contribution in [0.15, 0.2) is 88.3 Å². The molecular weight excluding hydrogens is 442 g/mol. The maximum Gasteiger partial charge on any atom is 0.271 e. The molecule has 0 aliphatic carbocycles. The molecule has 0 radical (unpaired) electrons. The van der Waals surface area contributed by atoms with Crippen LogP contribution in [0, 0.1) is 10.1 Å². The van der Waals surface area contributed by atoms with E-state index in [1.165, 1.54) is 24.3 Å². The van der Waals surface area contributed by atoms with E-state index in [0.29, 0.717) is 17.2 Å². The van der Waals surface area contributed by atoms with E-state index < -0.39 is 14.9 Å². The van der Waals surface area contributed by atoms with Gasteiger partial charge in [-0.3, -0.25) is 14.8 Å². The van der Waals surface area contributed by atoms with Gasteiger partial charge in [0.2, 0.25) is 5.89 Å². The van der Waals surface area contributed by atoms with Crippen LogP contribution in [0.2, 0.25) is 5.02 Å². The Hall–Kier alpha value is -3.69. The van der Waals surface area contributed by atoms with Crippen LogP contribution in [0.1, 0.15) is 0 Å². The molecule has 0 saturated heterocycles. The molecule has 1 aromatic heterocycles. The molecule has 1 N–H and O–H groups in total. The van der Waals surface area contributed by atoms with E-state index in [-0.39, 0.29) is 21.3 Å². The predicted octanol–water partition coefficient (Wildman–Crippen LogP) is 5.37. The Labute approximate surface area is 182 Å². The third-order valence-electron chi connectivity index (χ3n) is 4.38. The Bertz CT molecular complexity index is 1350. The first kappa shape index (κ1) is 20.6. The number of hydrogen-bond acceptors (Lipinski definition) is 6. The zero-order valence-electron chi connectivity index (χ0n) is 15.7. The number of nitrogens with one attached hydrogen (secondary N) is 1. The highest BCUT2D eigenvalue weighted by atomic mass is 35.5. The van der Waals surface area contributed by atoms with E-state index in [4.69, 9.17) is 16.0 Å². The average molecular weight is 456 g/mol. The highest BCUT2D eigenvalue weighted by Gasteiger charge is 2.18. The topological polar surface area (TPSA) is 115 Å². The first-order chi connectivity index (χ1) is 14.8. The lowest BCUT2D eigenvalue weighted by molar-refractivity contribution is -0.384. The lowest BCUT2D eigenvalue weighted by Gasteiger charge is -2.10. The van der Waals surface area contributed by atoms with Crippen LogP contribution >= 0.6 is 11.6 Å². The van der Waals surface area contributed by atoms with Gasteiger partial charge < -0.3 is 4.42 Å². The molecule has 0 saturated carbocycles. The summed E-state index contributed by atoms with van der Waals surface area (Å²) in [4.78, 5) is 14.4. The Morgan fingerprint density at radius 2 is 1.68 bits per heavy atom. The lowest BCUT2D eigenvalue weighted by Crippen LogP contribution is -2.13. The van der Waals surface area contributed by atoms with Crippen LogP contribution in [-0.4, -0.2) is 18.3 Å². The molecule has 8 nitrogen and oxygen atoms in total. The van der Waals surface area contributed by atoms with Crippen molar-refractivity contribution in [3.05, 3.63) is 94.1 Å². The molecule has 0 aliphatic rings. The van der Waals surface area contributed by atoms with E-state index >= 15 is 0 Å². The molecule has 0 fully saturated rings. The zero-order chi connectivity index (χ0) is 22.0. The van der Waals surface area contributed by atoms with Crippen molar-refractivity contribution in [1.29, 1.82) is 0 Å². The van der Waals surface area contributed by atoms with Gasteiger partial charge in [-0.15, -0.1) is 0 Å². The molecule has 156 valence electrons. The van der Waals surface area contributed by atoms with Gasteiger partial charge >= 0.3 is 0 Å². The Balaban J connectivity index is 1.55. The monoisotopic (exact) mass is 455 g/mol. The smallest absolute Gasteiger partial charge is 0.271 e. The van der Waals surface area contributed by atoms with Crippen LogP contribution in [0.3, 0.4) is 0 Å². The van der Waals surface area contributed by atoms with Crippen molar-refractivity contribution >= 4 is 33.0 Å². The minimum atomic E-state index is -3.96. The number of oxazole rings is 1. The number of non-ortho nitro benzene ring substituents is 1. The molecule has 31 heavy (non-hydrogen) atoms. The van der Waals surface area contributed by atoms with Crippen molar-refractivity contribution in [3.63, 3.8) is 0 Å². The lowest BCUT2D eigenvalue weighted by atomic mass is 10.2. The van der Waals surface area contributed by atoms with Crippen molar-refractivity contribution < 1.29 is 17.8 Å². The van der Waals surface area contributed by atoms with E-state index in [9.17, 15) is 18.5 Å². The Morgan fingerprint density at radius 1 is 0.968 bits per heavy atom.